The lowest BCUT2D eigenvalue weighted by Crippen LogP contribution is -2.29. The van der Waals surface area contributed by atoms with Gasteiger partial charge < -0.3 is 10.1 Å². The quantitative estimate of drug-likeness (QED) is 0.229. The number of hydrazone groups is 1. The van der Waals surface area contributed by atoms with Crippen LogP contribution >= 0.6 is 23.2 Å². The molecule has 0 aliphatic rings. The minimum atomic E-state index is -0.454. The van der Waals surface area contributed by atoms with Gasteiger partial charge in [0.25, 0.3) is 11.6 Å². The summed E-state index contributed by atoms with van der Waals surface area (Å²) in [4.78, 5) is 34.2. The molecule has 180 valence electrons. The fraction of sp³-hybridized carbons (Fsp3) is 0.125. The van der Waals surface area contributed by atoms with E-state index in [1.807, 2.05) is 0 Å². The Hall–Kier alpha value is -3.95. The summed E-state index contributed by atoms with van der Waals surface area (Å²) in [6, 6.07) is 17.7. The Labute approximate surface area is 210 Å². The van der Waals surface area contributed by atoms with Crippen LogP contribution < -0.4 is 15.5 Å². The van der Waals surface area contributed by atoms with Gasteiger partial charge in [-0.2, -0.15) is 5.10 Å². The van der Waals surface area contributed by atoms with Gasteiger partial charge in [-0.25, -0.2) is 5.43 Å². The lowest BCUT2D eigenvalue weighted by Gasteiger charge is -2.06. The van der Waals surface area contributed by atoms with E-state index >= 15 is 0 Å². The van der Waals surface area contributed by atoms with Crippen molar-refractivity contribution in [3.63, 3.8) is 0 Å². The zero-order valence-corrected chi connectivity index (χ0v) is 19.8. The van der Waals surface area contributed by atoms with Crippen LogP contribution in [-0.2, 0) is 11.4 Å². The molecule has 0 radical (unpaired) electrons. The fourth-order valence-corrected chi connectivity index (χ4v) is 3.09. The molecule has 3 rings (SSSR count). The van der Waals surface area contributed by atoms with Crippen molar-refractivity contribution in [2.45, 2.75) is 13.0 Å². The first kappa shape index (κ1) is 25.7. The summed E-state index contributed by atoms with van der Waals surface area (Å²) in [5, 5.41) is 17.8. The molecule has 0 fully saturated rings. The Balaban J connectivity index is 1.38. The topological polar surface area (TPSA) is 123 Å². The average Bonchev–Trinajstić information content (AvgIpc) is 2.85. The molecular formula is C24H20Cl2N4O5. The maximum Gasteiger partial charge on any atom is 0.269 e. The Morgan fingerprint density at radius 3 is 2.37 bits per heavy atom. The highest BCUT2D eigenvalue weighted by Crippen LogP contribution is 2.22. The van der Waals surface area contributed by atoms with Crippen LogP contribution in [0.5, 0.6) is 5.75 Å². The van der Waals surface area contributed by atoms with E-state index in [0.29, 0.717) is 16.3 Å². The third-order valence-corrected chi connectivity index (χ3v) is 5.39. The number of halogens is 2. The summed E-state index contributed by atoms with van der Waals surface area (Å²) in [7, 11) is 0. The van der Waals surface area contributed by atoms with Gasteiger partial charge in [0.2, 0.25) is 5.91 Å². The van der Waals surface area contributed by atoms with Gasteiger partial charge in [0.05, 0.1) is 21.2 Å². The van der Waals surface area contributed by atoms with Crippen molar-refractivity contribution >= 4 is 46.9 Å². The van der Waals surface area contributed by atoms with Gasteiger partial charge in [0, 0.05) is 30.7 Å². The second-order valence-corrected chi connectivity index (χ2v) is 8.02. The predicted octanol–water partition coefficient (Wildman–Crippen LogP) is 4.75. The summed E-state index contributed by atoms with van der Waals surface area (Å²) in [6.07, 6.45) is 1.52. The van der Waals surface area contributed by atoms with Crippen LogP contribution in [0.3, 0.4) is 0 Å². The SMILES string of the molecule is O=C(CCNC(=O)c1ccc(Cl)c(Cl)c1)NN=Cc1ccc(OCc2ccc([N+](=O)[O-])cc2)cc1. The molecule has 9 nitrogen and oxygen atoms in total. The molecule has 3 aromatic rings. The summed E-state index contributed by atoms with van der Waals surface area (Å²) >= 11 is 11.7. The number of hydrogen-bond donors (Lipinski definition) is 2. The van der Waals surface area contributed by atoms with E-state index in [4.69, 9.17) is 27.9 Å². The number of nitrogens with one attached hydrogen (secondary N) is 2. The van der Waals surface area contributed by atoms with Crippen molar-refractivity contribution in [3.8, 4) is 5.75 Å². The third kappa shape index (κ3) is 8.09. The Morgan fingerprint density at radius 2 is 1.71 bits per heavy atom. The van der Waals surface area contributed by atoms with E-state index in [2.05, 4.69) is 15.8 Å². The fourth-order valence-electron chi connectivity index (χ4n) is 2.79. The number of nitro groups is 1. The van der Waals surface area contributed by atoms with Crippen molar-refractivity contribution in [2.24, 2.45) is 5.10 Å². The maximum absolute atomic E-state index is 12.1. The molecule has 11 heteroatoms. The van der Waals surface area contributed by atoms with Gasteiger partial charge in [-0.05, 0) is 65.7 Å². The molecule has 0 heterocycles. The van der Waals surface area contributed by atoms with Crippen molar-refractivity contribution in [3.05, 3.63) is 104 Å². The van der Waals surface area contributed by atoms with Crippen molar-refractivity contribution in [1.29, 1.82) is 0 Å². The van der Waals surface area contributed by atoms with Gasteiger partial charge in [-0.15, -0.1) is 0 Å². The van der Waals surface area contributed by atoms with Crippen molar-refractivity contribution in [2.75, 3.05) is 6.54 Å². The molecule has 0 atom stereocenters. The van der Waals surface area contributed by atoms with Crippen molar-refractivity contribution < 1.29 is 19.2 Å². The van der Waals surface area contributed by atoms with Crippen LogP contribution in [0.1, 0.15) is 27.9 Å². The number of benzene rings is 3. The molecule has 0 unspecified atom stereocenters. The molecule has 0 aliphatic heterocycles. The van der Waals surface area contributed by atoms with Gasteiger partial charge in [-0.1, -0.05) is 23.2 Å². The minimum absolute atomic E-state index is 0.0255. The monoisotopic (exact) mass is 514 g/mol. The molecule has 0 aromatic heterocycles. The van der Waals surface area contributed by atoms with E-state index in [1.165, 1.54) is 30.5 Å². The number of nitrogens with zero attached hydrogens (tertiary/aromatic N) is 2. The van der Waals surface area contributed by atoms with E-state index < -0.39 is 4.92 Å². The third-order valence-electron chi connectivity index (χ3n) is 4.66. The van der Waals surface area contributed by atoms with E-state index in [-0.39, 0.29) is 42.1 Å². The van der Waals surface area contributed by atoms with E-state index in [0.717, 1.165) is 11.1 Å². The van der Waals surface area contributed by atoms with Gasteiger partial charge in [0.15, 0.2) is 0 Å². The van der Waals surface area contributed by atoms with Crippen LogP contribution in [0.2, 0.25) is 10.0 Å². The normalized spacial score (nSPS) is 10.7. The highest BCUT2D eigenvalue weighted by atomic mass is 35.5. The van der Waals surface area contributed by atoms with Gasteiger partial charge >= 0.3 is 0 Å². The molecule has 2 amide bonds. The predicted molar refractivity (Wildman–Crippen MR) is 133 cm³/mol. The summed E-state index contributed by atoms with van der Waals surface area (Å²) in [6.45, 7) is 0.393. The number of ether oxygens (including phenoxy) is 1. The second-order valence-electron chi connectivity index (χ2n) is 7.21. The molecule has 35 heavy (non-hydrogen) atoms. The lowest BCUT2D eigenvalue weighted by atomic mass is 10.2. The van der Waals surface area contributed by atoms with E-state index in [1.54, 1.807) is 42.5 Å². The summed E-state index contributed by atoms with van der Waals surface area (Å²) < 4.78 is 5.67. The first-order chi connectivity index (χ1) is 16.8. The number of carbonyl (C=O) groups excluding carboxylic acids is 2. The van der Waals surface area contributed by atoms with Crippen LogP contribution in [-0.4, -0.2) is 29.5 Å². The molecule has 0 bridgehead atoms. The number of hydrogen-bond acceptors (Lipinski definition) is 6. The number of carbonyl (C=O) groups is 2. The maximum atomic E-state index is 12.1. The van der Waals surface area contributed by atoms with Crippen LogP contribution in [0, 0.1) is 10.1 Å². The van der Waals surface area contributed by atoms with E-state index in [9.17, 15) is 19.7 Å². The molecule has 0 spiro atoms. The molecule has 2 N–H and O–H groups in total. The standard InChI is InChI=1S/C24H20Cl2N4O5/c25-21-10-5-18(13-22(21)26)24(32)27-12-11-23(31)29-28-14-16-3-8-20(9-4-16)35-15-17-1-6-19(7-2-17)30(33)34/h1-10,13-14H,11-12,15H2,(H,27,32)(H,29,31). The number of amides is 2. The zero-order valence-electron chi connectivity index (χ0n) is 18.2. The van der Waals surface area contributed by atoms with Crippen LogP contribution in [0.25, 0.3) is 0 Å². The molecule has 0 saturated carbocycles. The minimum Gasteiger partial charge on any atom is -0.489 e. The first-order valence-corrected chi connectivity index (χ1v) is 11.1. The highest BCUT2D eigenvalue weighted by molar-refractivity contribution is 6.42. The zero-order chi connectivity index (χ0) is 25.2. The molecular weight excluding hydrogens is 495 g/mol. The average molecular weight is 515 g/mol. The Morgan fingerprint density at radius 1 is 1.00 bits per heavy atom. The van der Waals surface area contributed by atoms with Gasteiger partial charge in [0.1, 0.15) is 12.4 Å². The van der Waals surface area contributed by atoms with Crippen molar-refractivity contribution in [1.82, 2.24) is 10.7 Å². The lowest BCUT2D eigenvalue weighted by molar-refractivity contribution is -0.384. The van der Waals surface area contributed by atoms with Gasteiger partial charge in [-0.3, -0.25) is 19.7 Å². The number of non-ortho nitro benzene ring substituents is 1. The molecule has 0 saturated heterocycles. The number of rotatable bonds is 10. The molecule has 3 aromatic carbocycles. The van der Waals surface area contributed by atoms with Crippen LogP contribution in [0.15, 0.2) is 71.8 Å². The summed E-state index contributed by atoms with van der Waals surface area (Å²) in [5.74, 6) is -0.114. The second kappa shape index (κ2) is 12.5. The number of nitro benzene ring substituents is 1. The van der Waals surface area contributed by atoms with Crippen LogP contribution in [0.4, 0.5) is 5.69 Å². The Kier molecular flexibility index (Phi) is 9.16. The smallest absolute Gasteiger partial charge is 0.269 e. The summed E-state index contributed by atoms with van der Waals surface area (Å²) in [5.41, 5.74) is 4.31. The molecule has 0 aliphatic carbocycles. The highest BCUT2D eigenvalue weighted by Gasteiger charge is 2.09. The Bertz CT molecular complexity index is 1230. The first-order valence-electron chi connectivity index (χ1n) is 10.3. The largest absolute Gasteiger partial charge is 0.489 e.